The van der Waals surface area contributed by atoms with Gasteiger partial charge in [-0.15, -0.1) is 0 Å². The van der Waals surface area contributed by atoms with E-state index in [1.165, 1.54) is 6.07 Å². The molecule has 7 heteroatoms. The smallest absolute Gasteiger partial charge is 0.318 e. The van der Waals surface area contributed by atoms with Crippen molar-refractivity contribution in [2.75, 3.05) is 13.6 Å². The number of nitrogens with one attached hydrogen (secondary N) is 1. The molecule has 1 aromatic rings. The highest BCUT2D eigenvalue weighted by Gasteiger charge is 2.09. The van der Waals surface area contributed by atoms with Crippen LogP contribution in [0.15, 0.2) is 22.7 Å². The van der Waals surface area contributed by atoms with Gasteiger partial charge in [0.1, 0.15) is 5.82 Å². The van der Waals surface area contributed by atoms with E-state index in [0.29, 0.717) is 18.7 Å². The Hall–Kier alpha value is -1.47. The Morgan fingerprint density at radius 2 is 2.16 bits per heavy atom. The first kappa shape index (κ1) is 15.6. The number of hydrogen-bond donors (Lipinski definition) is 2. The number of carbonyl (C=O) groups excluding carboxylic acids is 2. The normalized spacial score (nSPS) is 10.5. The minimum atomic E-state index is -0.870. The molecule has 3 amide bonds. The average Bonchev–Trinajstić information content (AvgIpc) is 2.30. The molecule has 0 saturated carbocycles. The van der Waals surface area contributed by atoms with Crippen molar-refractivity contribution in [3.05, 3.63) is 34.1 Å². The summed E-state index contributed by atoms with van der Waals surface area (Å²) in [5.74, 6) is -0.745. The summed E-state index contributed by atoms with van der Waals surface area (Å²) < 4.78 is 14.3. The van der Waals surface area contributed by atoms with Crippen LogP contribution in [0.1, 0.15) is 12.0 Å². The lowest BCUT2D eigenvalue weighted by atomic mass is 10.2. The van der Waals surface area contributed by atoms with Crippen molar-refractivity contribution in [3.8, 4) is 0 Å². The zero-order valence-corrected chi connectivity index (χ0v) is 12.0. The van der Waals surface area contributed by atoms with Crippen molar-refractivity contribution < 1.29 is 14.0 Å². The predicted molar refractivity (Wildman–Crippen MR) is 72.8 cm³/mol. The van der Waals surface area contributed by atoms with Crippen LogP contribution in [0, 0.1) is 5.82 Å². The van der Waals surface area contributed by atoms with Gasteiger partial charge in [-0.3, -0.25) is 10.1 Å². The number of hydrogen-bond acceptors (Lipinski definition) is 3. The second kappa shape index (κ2) is 7.20. The summed E-state index contributed by atoms with van der Waals surface area (Å²) >= 11 is 3.27. The number of rotatable bonds is 5. The van der Waals surface area contributed by atoms with Gasteiger partial charge in [0.25, 0.3) is 0 Å². The van der Waals surface area contributed by atoms with Crippen LogP contribution in [0.4, 0.5) is 9.18 Å². The van der Waals surface area contributed by atoms with E-state index in [-0.39, 0.29) is 12.2 Å². The predicted octanol–water partition coefficient (Wildman–Crippen LogP) is 1.60. The largest absolute Gasteiger partial charge is 0.351 e. The van der Waals surface area contributed by atoms with Gasteiger partial charge in [-0.2, -0.15) is 0 Å². The summed E-state index contributed by atoms with van der Waals surface area (Å²) in [5, 5.41) is 1.97. The Bertz CT molecular complexity index is 482. The maximum atomic E-state index is 13.5. The third-order valence-corrected chi connectivity index (χ3v) is 2.92. The number of imide groups is 1. The summed E-state index contributed by atoms with van der Waals surface area (Å²) in [6.45, 7) is 0.764. The van der Waals surface area contributed by atoms with E-state index in [2.05, 4.69) is 15.9 Å². The van der Waals surface area contributed by atoms with Crippen LogP contribution in [0.25, 0.3) is 0 Å². The van der Waals surface area contributed by atoms with E-state index < -0.39 is 11.9 Å². The molecule has 0 aliphatic rings. The monoisotopic (exact) mass is 331 g/mol. The highest BCUT2D eigenvalue weighted by molar-refractivity contribution is 9.10. The van der Waals surface area contributed by atoms with Gasteiger partial charge in [0.2, 0.25) is 5.91 Å². The number of benzene rings is 1. The van der Waals surface area contributed by atoms with E-state index in [0.717, 1.165) is 4.47 Å². The molecule has 0 aromatic heterocycles. The molecule has 0 aliphatic heterocycles. The van der Waals surface area contributed by atoms with E-state index in [9.17, 15) is 14.0 Å². The lowest BCUT2D eigenvalue weighted by Gasteiger charge is -2.16. The van der Waals surface area contributed by atoms with Crippen LogP contribution in [-0.4, -0.2) is 30.4 Å². The summed E-state index contributed by atoms with van der Waals surface area (Å²) in [6, 6.07) is 3.83. The average molecular weight is 332 g/mol. The number of primary amides is 1. The summed E-state index contributed by atoms with van der Waals surface area (Å²) in [4.78, 5) is 23.4. The molecular formula is C12H15BrFN3O2. The number of nitrogens with two attached hydrogens (primary N) is 1. The van der Waals surface area contributed by atoms with Crippen LogP contribution in [0.3, 0.4) is 0 Å². The topological polar surface area (TPSA) is 75.4 Å². The Kier molecular flexibility index (Phi) is 5.91. The van der Waals surface area contributed by atoms with Crippen LogP contribution < -0.4 is 11.1 Å². The summed E-state index contributed by atoms with van der Waals surface area (Å²) in [5.41, 5.74) is 5.35. The Morgan fingerprint density at radius 1 is 1.47 bits per heavy atom. The van der Waals surface area contributed by atoms with Crippen LogP contribution >= 0.6 is 15.9 Å². The quantitative estimate of drug-likeness (QED) is 0.860. The van der Waals surface area contributed by atoms with E-state index in [4.69, 9.17) is 5.73 Å². The van der Waals surface area contributed by atoms with E-state index in [1.807, 2.05) is 5.32 Å². The molecule has 0 aliphatic carbocycles. The molecule has 1 aromatic carbocycles. The van der Waals surface area contributed by atoms with Crippen molar-refractivity contribution in [1.82, 2.24) is 10.2 Å². The van der Waals surface area contributed by atoms with Crippen molar-refractivity contribution >= 4 is 27.9 Å². The zero-order chi connectivity index (χ0) is 14.4. The summed E-state index contributed by atoms with van der Waals surface area (Å²) in [7, 11) is 1.76. The number of amides is 3. The standard InChI is InChI=1S/C12H15BrFN3O2/c1-17(5-4-11(18)16-12(15)19)7-8-6-9(13)2-3-10(8)14/h2-3,6H,4-5,7H2,1H3,(H3,15,16,18,19). The van der Waals surface area contributed by atoms with Gasteiger partial charge in [-0.1, -0.05) is 15.9 Å². The second-order valence-electron chi connectivity index (χ2n) is 4.14. The Labute approximate surface area is 119 Å². The first-order chi connectivity index (χ1) is 8.88. The molecule has 19 heavy (non-hydrogen) atoms. The number of carbonyl (C=O) groups is 2. The van der Waals surface area contributed by atoms with Gasteiger partial charge in [0.05, 0.1) is 0 Å². The highest BCUT2D eigenvalue weighted by atomic mass is 79.9. The van der Waals surface area contributed by atoms with Crippen LogP contribution in [0.2, 0.25) is 0 Å². The molecule has 3 N–H and O–H groups in total. The van der Waals surface area contributed by atoms with Gasteiger partial charge < -0.3 is 10.6 Å². The molecule has 0 spiro atoms. The van der Waals surface area contributed by atoms with Gasteiger partial charge in [-0.05, 0) is 25.2 Å². The van der Waals surface area contributed by atoms with Gasteiger partial charge in [0, 0.05) is 29.5 Å². The summed E-state index contributed by atoms with van der Waals surface area (Å²) in [6.07, 6.45) is 0.120. The third kappa shape index (κ3) is 5.80. The molecule has 0 atom stereocenters. The Balaban J connectivity index is 2.47. The van der Waals surface area contributed by atoms with Crippen molar-refractivity contribution in [2.24, 2.45) is 5.73 Å². The second-order valence-corrected chi connectivity index (χ2v) is 5.05. The molecule has 0 heterocycles. The third-order valence-electron chi connectivity index (χ3n) is 2.43. The number of urea groups is 1. The SMILES string of the molecule is CN(CCC(=O)NC(N)=O)Cc1cc(Br)ccc1F. The molecule has 5 nitrogen and oxygen atoms in total. The maximum absolute atomic E-state index is 13.5. The van der Waals surface area contributed by atoms with Gasteiger partial charge in [-0.25, -0.2) is 9.18 Å². The lowest BCUT2D eigenvalue weighted by Crippen LogP contribution is -2.36. The van der Waals surface area contributed by atoms with Crippen LogP contribution in [-0.2, 0) is 11.3 Å². The molecule has 0 saturated heterocycles. The van der Waals surface area contributed by atoms with Crippen LogP contribution in [0.5, 0.6) is 0 Å². The molecule has 1 rings (SSSR count). The first-order valence-corrected chi connectivity index (χ1v) is 6.39. The lowest BCUT2D eigenvalue weighted by molar-refractivity contribution is -0.120. The highest BCUT2D eigenvalue weighted by Crippen LogP contribution is 2.16. The van der Waals surface area contributed by atoms with Crippen molar-refractivity contribution in [2.45, 2.75) is 13.0 Å². The fourth-order valence-electron chi connectivity index (χ4n) is 1.53. The minimum absolute atomic E-state index is 0.120. The van der Waals surface area contributed by atoms with Crippen molar-refractivity contribution in [1.29, 1.82) is 0 Å². The fraction of sp³-hybridized carbons (Fsp3) is 0.333. The molecule has 0 radical (unpaired) electrons. The van der Waals surface area contributed by atoms with E-state index in [1.54, 1.807) is 24.1 Å². The van der Waals surface area contributed by atoms with Crippen molar-refractivity contribution in [3.63, 3.8) is 0 Å². The molecule has 0 unspecified atom stereocenters. The molecule has 104 valence electrons. The zero-order valence-electron chi connectivity index (χ0n) is 10.5. The first-order valence-electron chi connectivity index (χ1n) is 5.60. The van der Waals surface area contributed by atoms with E-state index >= 15 is 0 Å². The number of nitrogens with zero attached hydrogens (tertiary/aromatic N) is 1. The molecule has 0 bridgehead atoms. The van der Waals surface area contributed by atoms with Gasteiger partial charge >= 0.3 is 6.03 Å². The molecular weight excluding hydrogens is 317 g/mol. The number of halogens is 2. The Morgan fingerprint density at radius 3 is 2.79 bits per heavy atom. The minimum Gasteiger partial charge on any atom is -0.351 e. The maximum Gasteiger partial charge on any atom is 0.318 e. The van der Waals surface area contributed by atoms with Gasteiger partial charge in [0.15, 0.2) is 0 Å². The fourth-order valence-corrected chi connectivity index (χ4v) is 1.94. The molecule has 0 fully saturated rings.